The van der Waals surface area contributed by atoms with Crippen LogP contribution in [-0.2, 0) is 0 Å². The number of alkyl halides is 1. The molecule has 0 saturated carbocycles. The van der Waals surface area contributed by atoms with E-state index in [2.05, 4.69) is 18.7 Å². The van der Waals surface area contributed by atoms with Crippen LogP contribution in [0.5, 0.6) is 0 Å². The van der Waals surface area contributed by atoms with E-state index in [1.165, 1.54) is 0 Å². The molecule has 0 aliphatic carbocycles. The van der Waals surface area contributed by atoms with Crippen molar-refractivity contribution in [2.75, 3.05) is 13.1 Å². The smallest absolute Gasteiger partial charge is 0.110 e. The fourth-order valence-corrected chi connectivity index (χ4v) is 1.37. The molecule has 0 N–H and O–H groups in total. The van der Waals surface area contributed by atoms with Gasteiger partial charge in [-0.05, 0) is 27.7 Å². The summed E-state index contributed by atoms with van der Waals surface area (Å²) >= 11 is 0. The number of halogens is 1. The van der Waals surface area contributed by atoms with Crippen LogP contribution in [0.4, 0.5) is 4.39 Å². The van der Waals surface area contributed by atoms with Crippen molar-refractivity contribution >= 4 is 0 Å². The number of hydrogen-bond acceptors (Lipinski definition) is 1. The van der Waals surface area contributed by atoms with E-state index < -0.39 is 5.67 Å². The summed E-state index contributed by atoms with van der Waals surface area (Å²) in [5.41, 5.74) is -0.981. The van der Waals surface area contributed by atoms with Crippen LogP contribution in [0.2, 0.25) is 0 Å². The Morgan fingerprint density at radius 1 is 1.36 bits per heavy atom. The lowest BCUT2D eigenvalue weighted by molar-refractivity contribution is -0.0238. The first kappa shape index (κ1) is 8.98. The maximum absolute atomic E-state index is 13.2. The molecule has 0 aromatic heterocycles. The lowest BCUT2D eigenvalue weighted by atomic mass is 9.85. The molecule has 1 aliphatic heterocycles. The zero-order valence-electron chi connectivity index (χ0n) is 7.89. The fraction of sp³-hybridized carbons (Fsp3) is 1.00. The first-order valence-corrected chi connectivity index (χ1v) is 4.34. The normalized spacial score (nSPS) is 22.4. The first-order chi connectivity index (χ1) is 4.91. The van der Waals surface area contributed by atoms with Crippen molar-refractivity contribution in [3.05, 3.63) is 0 Å². The van der Waals surface area contributed by atoms with Gasteiger partial charge in [-0.1, -0.05) is 0 Å². The molecule has 11 heavy (non-hydrogen) atoms. The minimum atomic E-state index is -0.981. The number of nitrogens with zero attached hydrogens (tertiary/aromatic N) is 1. The van der Waals surface area contributed by atoms with Gasteiger partial charge in [-0.15, -0.1) is 0 Å². The Morgan fingerprint density at radius 2 is 1.82 bits per heavy atom. The predicted molar refractivity (Wildman–Crippen MR) is 45.4 cm³/mol. The third-order valence-electron chi connectivity index (χ3n) is 2.61. The van der Waals surface area contributed by atoms with Gasteiger partial charge in [-0.2, -0.15) is 0 Å². The third kappa shape index (κ3) is 1.92. The van der Waals surface area contributed by atoms with Crippen LogP contribution in [0.1, 0.15) is 27.7 Å². The van der Waals surface area contributed by atoms with Gasteiger partial charge in [-0.3, -0.25) is 0 Å². The maximum Gasteiger partial charge on any atom is 0.110 e. The standard InChI is InChI=1S/C9H18FN/c1-7(2)11-5-8(6-11)9(3,4)10/h7-8H,5-6H2,1-4H3. The van der Waals surface area contributed by atoms with Crippen LogP contribution < -0.4 is 0 Å². The summed E-state index contributed by atoms with van der Waals surface area (Å²) in [7, 11) is 0. The van der Waals surface area contributed by atoms with E-state index in [1.807, 2.05) is 0 Å². The molecule has 0 bridgehead atoms. The minimum absolute atomic E-state index is 0.255. The minimum Gasteiger partial charge on any atom is -0.300 e. The van der Waals surface area contributed by atoms with E-state index in [-0.39, 0.29) is 5.92 Å². The Hall–Kier alpha value is -0.110. The molecular formula is C9H18FN. The summed E-state index contributed by atoms with van der Waals surface area (Å²) in [6, 6.07) is 0.577. The van der Waals surface area contributed by atoms with Crippen LogP contribution in [0.15, 0.2) is 0 Å². The van der Waals surface area contributed by atoms with Crippen molar-refractivity contribution in [2.24, 2.45) is 5.92 Å². The zero-order valence-corrected chi connectivity index (χ0v) is 7.89. The van der Waals surface area contributed by atoms with Crippen LogP contribution >= 0.6 is 0 Å². The molecule has 1 fully saturated rings. The third-order valence-corrected chi connectivity index (χ3v) is 2.61. The van der Waals surface area contributed by atoms with Crippen molar-refractivity contribution < 1.29 is 4.39 Å². The first-order valence-electron chi connectivity index (χ1n) is 4.34. The highest BCUT2D eigenvalue weighted by Gasteiger charge is 2.39. The highest BCUT2D eigenvalue weighted by atomic mass is 19.1. The predicted octanol–water partition coefficient (Wildman–Crippen LogP) is 2.07. The van der Waals surface area contributed by atoms with Gasteiger partial charge < -0.3 is 4.90 Å². The quantitative estimate of drug-likeness (QED) is 0.596. The lowest BCUT2D eigenvalue weighted by Gasteiger charge is -2.46. The zero-order chi connectivity index (χ0) is 8.65. The summed E-state index contributed by atoms with van der Waals surface area (Å²) < 4.78 is 13.2. The Labute approximate surface area is 68.6 Å². The Morgan fingerprint density at radius 3 is 2.09 bits per heavy atom. The van der Waals surface area contributed by atoms with Gasteiger partial charge in [0.25, 0.3) is 0 Å². The Bertz CT molecular complexity index is 131. The Balaban J connectivity index is 2.30. The molecule has 0 radical (unpaired) electrons. The van der Waals surface area contributed by atoms with E-state index in [9.17, 15) is 4.39 Å². The largest absolute Gasteiger partial charge is 0.300 e. The topological polar surface area (TPSA) is 3.24 Å². The van der Waals surface area contributed by atoms with Crippen molar-refractivity contribution in [1.82, 2.24) is 4.90 Å². The molecule has 0 aromatic rings. The highest BCUT2D eigenvalue weighted by Crippen LogP contribution is 2.30. The average Bonchev–Trinajstić information content (AvgIpc) is 1.51. The summed E-state index contributed by atoms with van der Waals surface area (Å²) in [5, 5.41) is 0. The van der Waals surface area contributed by atoms with Crippen LogP contribution in [-0.4, -0.2) is 29.7 Å². The van der Waals surface area contributed by atoms with Gasteiger partial charge in [0.15, 0.2) is 0 Å². The van der Waals surface area contributed by atoms with Crippen molar-refractivity contribution in [1.29, 1.82) is 0 Å². The second-order valence-electron chi connectivity index (χ2n) is 4.31. The second-order valence-corrected chi connectivity index (χ2v) is 4.31. The SMILES string of the molecule is CC(C)N1CC(C(C)(C)F)C1. The summed E-state index contributed by atoms with van der Waals surface area (Å²) in [4.78, 5) is 2.30. The van der Waals surface area contributed by atoms with Crippen molar-refractivity contribution in [2.45, 2.75) is 39.4 Å². The summed E-state index contributed by atoms with van der Waals surface area (Å²) in [6.45, 7) is 9.52. The Kier molecular flexibility index (Phi) is 2.24. The molecule has 0 spiro atoms. The van der Waals surface area contributed by atoms with Gasteiger partial charge in [0.2, 0.25) is 0 Å². The molecule has 1 saturated heterocycles. The van der Waals surface area contributed by atoms with Crippen molar-refractivity contribution in [3.8, 4) is 0 Å². The van der Waals surface area contributed by atoms with Crippen LogP contribution in [0, 0.1) is 5.92 Å². The van der Waals surface area contributed by atoms with Crippen molar-refractivity contribution in [3.63, 3.8) is 0 Å². The molecule has 1 rings (SSSR count). The second kappa shape index (κ2) is 2.74. The lowest BCUT2D eigenvalue weighted by Crippen LogP contribution is -2.56. The van der Waals surface area contributed by atoms with E-state index >= 15 is 0 Å². The molecule has 1 aliphatic rings. The highest BCUT2D eigenvalue weighted by molar-refractivity contribution is 4.91. The summed E-state index contributed by atoms with van der Waals surface area (Å²) in [5.74, 6) is 0.255. The molecule has 0 unspecified atom stereocenters. The van der Waals surface area contributed by atoms with E-state index in [0.29, 0.717) is 6.04 Å². The molecule has 66 valence electrons. The van der Waals surface area contributed by atoms with E-state index in [4.69, 9.17) is 0 Å². The van der Waals surface area contributed by atoms with Gasteiger partial charge >= 0.3 is 0 Å². The molecule has 1 nitrogen and oxygen atoms in total. The van der Waals surface area contributed by atoms with E-state index in [0.717, 1.165) is 13.1 Å². The molecule has 0 amide bonds. The van der Waals surface area contributed by atoms with Gasteiger partial charge in [-0.25, -0.2) is 4.39 Å². The number of hydrogen-bond donors (Lipinski definition) is 0. The fourth-order valence-electron chi connectivity index (χ4n) is 1.37. The molecule has 0 aromatic carbocycles. The van der Waals surface area contributed by atoms with E-state index in [1.54, 1.807) is 13.8 Å². The van der Waals surface area contributed by atoms with Gasteiger partial charge in [0.05, 0.1) is 0 Å². The molecule has 0 atom stereocenters. The molecule has 1 heterocycles. The maximum atomic E-state index is 13.2. The number of rotatable bonds is 2. The monoisotopic (exact) mass is 159 g/mol. The van der Waals surface area contributed by atoms with Gasteiger partial charge in [0, 0.05) is 25.0 Å². The molecular weight excluding hydrogens is 141 g/mol. The van der Waals surface area contributed by atoms with Gasteiger partial charge in [0.1, 0.15) is 5.67 Å². The summed E-state index contributed by atoms with van der Waals surface area (Å²) in [6.07, 6.45) is 0. The molecule has 2 heteroatoms. The van der Waals surface area contributed by atoms with Crippen LogP contribution in [0.25, 0.3) is 0 Å². The number of likely N-dealkylation sites (tertiary alicyclic amines) is 1. The average molecular weight is 159 g/mol. The van der Waals surface area contributed by atoms with Crippen LogP contribution in [0.3, 0.4) is 0 Å².